The highest BCUT2D eigenvalue weighted by atomic mass is 16.2. The molecule has 1 amide bonds. The minimum Gasteiger partial charge on any atom is -0.369 e. The van der Waals surface area contributed by atoms with E-state index < -0.39 is 5.54 Å². The molecule has 4 rings (SSSR count). The van der Waals surface area contributed by atoms with Crippen molar-refractivity contribution in [3.05, 3.63) is 65.4 Å². The zero-order chi connectivity index (χ0) is 20.8. The highest BCUT2D eigenvalue weighted by Crippen LogP contribution is 2.33. The average Bonchev–Trinajstić information content (AvgIpc) is 3.05. The molecule has 148 valence electrons. The molecule has 0 fully saturated rings. The highest BCUT2D eigenvalue weighted by Gasteiger charge is 2.36. The molecule has 0 saturated heterocycles. The molecule has 3 aromatic rings. The van der Waals surface area contributed by atoms with Crippen LogP contribution in [0.1, 0.15) is 40.7 Å². The summed E-state index contributed by atoms with van der Waals surface area (Å²) >= 11 is 0. The third-order valence-electron chi connectivity index (χ3n) is 5.24. The van der Waals surface area contributed by atoms with E-state index in [1.165, 1.54) is 4.90 Å². The number of Topliss-reactive ketones (excluding diaryl/α,β-unsaturated/α-hetero) is 1. The molecular formula is C21H22N6O2. The summed E-state index contributed by atoms with van der Waals surface area (Å²) in [6.07, 6.45) is 5.57. The molecule has 1 aliphatic rings. The predicted molar refractivity (Wildman–Crippen MR) is 109 cm³/mol. The molecule has 0 bridgehead atoms. The Hall–Kier alpha value is -3.55. The van der Waals surface area contributed by atoms with Crippen molar-refractivity contribution in [2.45, 2.75) is 32.2 Å². The first kappa shape index (κ1) is 18.8. The Bertz CT molecular complexity index is 1160. The normalized spacial score (nSPS) is 19.5. The van der Waals surface area contributed by atoms with Crippen LogP contribution in [0.15, 0.2) is 47.8 Å². The van der Waals surface area contributed by atoms with Crippen LogP contribution in [-0.2, 0) is 16.8 Å². The molecule has 8 nitrogen and oxygen atoms in total. The van der Waals surface area contributed by atoms with Gasteiger partial charge in [-0.15, -0.1) is 0 Å². The summed E-state index contributed by atoms with van der Waals surface area (Å²) in [5, 5.41) is 0. The number of carbonyl (C=O) groups excluding carboxylic acids is 2. The van der Waals surface area contributed by atoms with Crippen molar-refractivity contribution < 1.29 is 9.59 Å². The van der Waals surface area contributed by atoms with Gasteiger partial charge in [0.15, 0.2) is 17.4 Å². The standard InChI is InChI=1S/C21H22N6O2/c1-13-11-27-12-16(23-10-18(27)24-13)17(28)8-14-5-4-6-15(7-14)21(2)9-19(29)26(3)20(22)25-21/h4-7,10-12H,8-9H2,1-3H3,(H2,22,25). The quantitative estimate of drug-likeness (QED) is 0.685. The summed E-state index contributed by atoms with van der Waals surface area (Å²) in [6.45, 7) is 3.77. The van der Waals surface area contributed by atoms with Crippen LogP contribution < -0.4 is 5.73 Å². The lowest BCUT2D eigenvalue weighted by molar-refractivity contribution is -0.128. The molecule has 2 N–H and O–H groups in total. The summed E-state index contributed by atoms with van der Waals surface area (Å²) in [5.41, 5.74) is 8.78. The fourth-order valence-electron chi connectivity index (χ4n) is 3.54. The van der Waals surface area contributed by atoms with Gasteiger partial charge in [-0.2, -0.15) is 0 Å². The Morgan fingerprint density at radius 1 is 1.31 bits per heavy atom. The van der Waals surface area contributed by atoms with Crippen LogP contribution in [0.3, 0.4) is 0 Å². The van der Waals surface area contributed by atoms with E-state index in [-0.39, 0.29) is 30.5 Å². The van der Waals surface area contributed by atoms with Crippen LogP contribution in [-0.4, -0.2) is 44.0 Å². The van der Waals surface area contributed by atoms with E-state index in [9.17, 15) is 9.59 Å². The van der Waals surface area contributed by atoms with Gasteiger partial charge in [0, 0.05) is 25.9 Å². The molecule has 1 atom stereocenters. The number of hydrogen-bond acceptors (Lipinski definition) is 6. The fraction of sp³-hybridized carbons (Fsp3) is 0.286. The van der Waals surface area contributed by atoms with Crippen LogP contribution in [0.2, 0.25) is 0 Å². The number of aromatic nitrogens is 3. The second kappa shape index (κ2) is 6.80. The number of nitrogens with two attached hydrogens (primary N) is 1. The molecule has 1 unspecified atom stereocenters. The Morgan fingerprint density at radius 3 is 2.86 bits per heavy atom. The molecule has 0 saturated carbocycles. The Balaban J connectivity index is 1.60. The SMILES string of the molecule is Cc1cn2cc(C(=O)Cc3cccc(C4(C)CC(=O)N(C)C(N)=N4)c3)ncc2n1. The second-order valence-electron chi connectivity index (χ2n) is 7.59. The van der Waals surface area contributed by atoms with Crippen molar-refractivity contribution in [1.29, 1.82) is 0 Å². The topological polar surface area (TPSA) is 106 Å². The summed E-state index contributed by atoms with van der Waals surface area (Å²) in [6, 6.07) is 7.57. The molecule has 0 aliphatic carbocycles. The molecule has 1 aromatic carbocycles. The maximum Gasteiger partial charge on any atom is 0.231 e. The second-order valence-corrected chi connectivity index (χ2v) is 7.59. The highest BCUT2D eigenvalue weighted by molar-refractivity contribution is 5.99. The van der Waals surface area contributed by atoms with Gasteiger partial charge in [-0.1, -0.05) is 24.3 Å². The monoisotopic (exact) mass is 390 g/mol. The van der Waals surface area contributed by atoms with Crippen molar-refractivity contribution >= 4 is 23.3 Å². The van der Waals surface area contributed by atoms with E-state index in [2.05, 4.69) is 15.0 Å². The van der Waals surface area contributed by atoms with E-state index in [0.29, 0.717) is 11.3 Å². The van der Waals surface area contributed by atoms with Crippen LogP contribution in [0.5, 0.6) is 0 Å². The van der Waals surface area contributed by atoms with Gasteiger partial charge < -0.3 is 10.1 Å². The summed E-state index contributed by atoms with van der Waals surface area (Å²) < 4.78 is 1.80. The number of imidazole rings is 1. The van der Waals surface area contributed by atoms with Crippen LogP contribution in [0.25, 0.3) is 5.65 Å². The number of guanidine groups is 1. The van der Waals surface area contributed by atoms with Crippen LogP contribution >= 0.6 is 0 Å². The third kappa shape index (κ3) is 3.49. The maximum atomic E-state index is 12.8. The van der Waals surface area contributed by atoms with Crippen molar-refractivity contribution in [2.24, 2.45) is 10.7 Å². The lowest BCUT2D eigenvalue weighted by Crippen LogP contribution is -2.47. The lowest BCUT2D eigenvalue weighted by atomic mass is 9.86. The number of ketones is 1. The smallest absolute Gasteiger partial charge is 0.231 e. The van der Waals surface area contributed by atoms with Crippen molar-refractivity contribution in [2.75, 3.05) is 7.05 Å². The molecule has 29 heavy (non-hydrogen) atoms. The van der Waals surface area contributed by atoms with Crippen molar-refractivity contribution in [1.82, 2.24) is 19.3 Å². The third-order valence-corrected chi connectivity index (χ3v) is 5.24. The van der Waals surface area contributed by atoms with Gasteiger partial charge >= 0.3 is 0 Å². The number of nitrogens with zero attached hydrogens (tertiary/aromatic N) is 5. The number of fused-ring (bicyclic) bond motifs is 1. The number of benzene rings is 1. The van der Waals surface area contributed by atoms with Crippen molar-refractivity contribution in [3.63, 3.8) is 0 Å². The van der Waals surface area contributed by atoms with Gasteiger partial charge in [0.2, 0.25) is 5.91 Å². The Labute approximate surface area is 168 Å². The number of aryl methyl sites for hydroxylation is 1. The van der Waals surface area contributed by atoms with Gasteiger partial charge in [0.25, 0.3) is 0 Å². The first-order valence-corrected chi connectivity index (χ1v) is 9.31. The number of carbonyl (C=O) groups is 2. The first-order valence-electron chi connectivity index (χ1n) is 9.31. The minimum atomic E-state index is -0.752. The predicted octanol–water partition coefficient (Wildman–Crippen LogP) is 1.86. The molecule has 3 heterocycles. The van der Waals surface area contributed by atoms with E-state index in [0.717, 1.165) is 16.8 Å². The summed E-state index contributed by atoms with van der Waals surface area (Å²) in [4.78, 5) is 39.5. The molecule has 1 aliphatic heterocycles. The zero-order valence-electron chi connectivity index (χ0n) is 16.6. The summed E-state index contributed by atoms with van der Waals surface area (Å²) in [7, 11) is 1.61. The van der Waals surface area contributed by atoms with E-state index in [1.54, 1.807) is 23.8 Å². The summed E-state index contributed by atoms with van der Waals surface area (Å²) in [5.74, 6) is 0.0102. The zero-order valence-corrected chi connectivity index (χ0v) is 16.6. The van der Waals surface area contributed by atoms with Gasteiger partial charge in [-0.05, 0) is 25.0 Å². The average molecular weight is 390 g/mol. The number of amides is 1. The molecule has 0 radical (unpaired) electrons. The van der Waals surface area contributed by atoms with Crippen molar-refractivity contribution in [3.8, 4) is 0 Å². The number of hydrogen-bond donors (Lipinski definition) is 1. The van der Waals surface area contributed by atoms with E-state index in [1.807, 2.05) is 44.3 Å². The number of rotatable bonds is 4. The van der Waals surface area contributed by atoms with Gasteiger partial charge in [-0.3, -0.25) is 14.5 Å². The molecule has 8 heteroatoms. The number of aliphatic imine (C=N–C) groups is 1. The Kier molecular flexibility index (Phi) is 4.41. The maximum absolute atomic E-state index is 12.8. The molecule has 0 spiro atoms. The van der Waals surface area contributed by atoms with Gasteiger partial charge in [-0.25, -0.2) is 15.0 Å². The van der Waals surface area contributed by atoms with E-state index in [4.69, 9.17) is 5.73 Å². The van der Waals surface area contributed by atoms with Crippen LogP contribution in [0, 0.1) is 6.92 Å². The molecule has 2 aromatic heterocycles. The molecular weight excluding hydrogens is 368 g/mol. The van der Waals surface area contributed by atoms with Gasteiger partial charge in [0.05, 0.1) is 23.9 Å². The fourth-order valence-corrected chi connectivity index (χ4v) is 3.54. The lowest BCUT2D eigenvalue weighted by Gasteiger charge is -2.33. The first-order chi connectivity index (χ1) is 13.7. The Morgan fingerprint density at radius 2 is 2.10 bits per heavy atom. The minimum absolute atomic E-state index is 0.0883. The van der Waals surface area contributed by atoms with E-state index >= 15 is 0 Å². The van der Waals surface area contributed by atoms with Crippen LogP contribution in [0.4, 0.5) is 0 Å². The largest absolute Gasteiger partial charge is 0.369 e. The van der Waals surface area contributed by atoms with Gasteiger partial charge in [0.1, 0.15) is 5.69 Å².